The van der Waals surface area contributed by atoms with Gasteiger partial charge in [0.15, 0.2) is 0 Å². The van der Waals surface area contributed by atoms with Gasteiger partial charge >= 0.3 is 12.1 Å². The lowest BCUT2D eigenvalue weighted by Crippen LogP contribution is -2.27. The highest BCUT2D eigenvalue weighted by atomic mass is 19.4. The molecule has 128 valence electrons. The van der Waals surface area contributed by atoms with Crippen LogP contribution in [-0.2, 0) is 11.3 Å². The molecule has 1 aliphatic rings. The molecule has 0 bridgehead atoms. The van der Waals surface area contributed by atoms with Crippen LogP contribution in [0.3, 0.4) is 0 Å². The summed E-state index contributed by atoms with van der Waals surface area (Å²) in [5.74, 6) is -2.45. The fourth-order valence-electron chi connectivity index (χ4n) is 3.29. The van der Waals surface area contributed by atoms with Crippen molar-refractivity contribution in [2.75, 3.05) is 6.61 Å². The Morgan fingerprint density at radius 2 is 1.91 bits per heavy atom. The summed E-state index contributed by atoms with van der Waals surface area (Å²) < 4.78 is 43.6. The van der Waals surface area contributed by atoms with Crippen LogP contribution in [-0.4, -0.2) is 23.9 Å². The predicted molar refractivity (Wildman–Crippen MR) is 79.5 cm³/mol. The molecule has 0 amide bonds. The minimum Gasteiger partial charge on any atom is -0.478 e. The van der Waals surface area contributed by atoms with E-state index in [1.807, 2.05) is 6.92 Å². The summed E-state index contributed by atoms with van der Waals surface area (Å²) in [5, 5.41) is 9.52. The van der Waals surface area contributed by atoms with Gasteiger partial charge in [-0.2, -0.15) is 13.2 Å². The molecule has 6 heteroatoms. The van der Waals surface area contributed by atoms with Gasteiger partial charge in [0, 0.05) is 6.61 Å². The number of halogens is 3. The number of carboxylic acids is 1. The van der Waals surface area contributed by atoms with Gasteiger partial charge in [-0.15, -0.1) is 0 Å². The number of hydrogen-bond donors (Lipinski definition) is 1. The SMILES string of the molecule is CCOCc1cccc(C2CCC(C(F)(F)F)CC2)c1C(=O)O. The average Bonchev–Trinajstić information content (AvgIpc) is 2.51. The van der Waals surface area contributed by atoms with Gasteiger partial charge in [0.1, 0.15) is 0 Å². The van der Waals surface area contributed by atoms with Crippen molar-refractivity contribution < 1.29 is 27.8 Å². The number of carbonyl (C=O) groups is 1. The summed E-state index contributed by atoms with van der Waals surface area (Å²) >= 11 is 0. The highest BCUT2D eigenvalue weighted by molar-refractivity contribution is 5.91. The second kappa shape index (κ2) is 7.34. The topological polar surface area (TPSA) is 46.5 Å². The van der Waals surface area contributed by atoms with E-state index in [1.165, 1.54) is 0 Å². The zero-order valence-electron chi connectivity index (χ0n) is 13.0. The molecule has 0 spiro atoms. The Morgan fingerprint density at radius 3 is 2.43 bits per heavy atom. The van der Waals surface area contributed by atoms with Crippen LogP contribution in [0.2, 0.25) is 0 Å². The summed E-state index contributed by atoms with van der Waals surface area (Å²) in [7, 11) is 0. The molecule has 0 radical (unpaired) electrons. The Kier molecular flexibility index (Phi) is 5.68. The number of aromatic carboxylic acids is 1. The van der Waals surface area contributed by atoms with E-state index >= 15 is 0 Å². The van der Waals surface area contributed by atoms with Crippen LogP contribution in [0.15, 0.2) is 18.2 Å². The maximum absolute atomic E-state index is 12.8. The lowest BCUT2D eigenvalue weighted by Gasteiger charge is -2.31. The summed E-state index contributed by atoms with van der Waals surface area (Å²) in [4.78, 5) is 11.6. The molecule has 0 saturated heterocycles. The van der Waals surface area contributed by atoms with Crippen LogP contribution in [0.1, 0.15) is 60.0 Å². The molecule has 0 unspecified atom stereocenters. The summed E-state index contributed by atoms with van der Waals surface area (Å²) in [6.45, 7) is 2.49. The van der Waals surface area contributed by atoms with E-state index in [0.717, 1.165) is 0 Å². The second-order valence-electron chi connectivity index (χ2n) is 5.91. The number of carboxylic acid groups (broad SMARTS) is 1. The van der Waals surface area contributed by atoms with Crippen LogP contribution in [0, 0.1) is 5.92 Å². The van der Waals surface area contributed by atoms with Gasteiger partial charge in [-0.3, -0.25) is 0 Å². The third-order valence-electron chi connectivity index (χ3n) is 4.49. The molecule has 1 aliphatic carbocycles. The first-order valence-corrected chi connectivity index (χ1v) is 7.84. The molecule has 1 aromatic rings. The van der Waals surface area contributed by atoms with Gasteiger partial charge in [0.2, 0.25) is 0 Å². The van der Waals surface area contributed by atoms with E-state index < -0.39 is 18.1 Å². The van der Waals surface area contributed by atoms with Crippen molar-refractivity contribution in [1.29, 1.82) is 0 Å². The summed E-state index contributed by atoms with van der Waals surface area (Å²) in [6.07, 6.45) is -3.31. The van der Waals surface area contributed by atoms with Crippen molar-refractivity contribution in [3.63, 3.8) is 0 Å². The Labute approximate surface area is 133 Å². The monoisotopic (exact) mass is 330 g/mol. The Hall–Kier alpha value is -1.56. The predicted octanol–water partition coefficient (Wildman–Crippen LogP) is 4.76. The Morgan fingerprint density at radius 1 is 1.26 bits per heavy atom. The zero-order chi connectivity index (χ0) is 17.0. The molecule has 2 rings (SSSR count). The first-order valence-electron chi connectivity index (χ1n) is 7.84. The third kappa shape index (κ3) is 4.25. The molecule has 0 atom stereocenters. The van der Waals surface area contributed by atoms with Crippen molar-refractivity contribution in [3.8, 4) is 0 Å². The quantitative estimate of drug-likeness (QED) is 0.847. The summed E-state index contributed by atoms with van der Waals surface area (Å²) in [6, 6.07) is 5.17. The number of benzene rings is 1. The number of alkyl halides is 3. The van der Waals surface area contributed by atoms with Gasteiger partial charge in [-0.25, -0.2) is 4.79 Å². The lowest BCUT2D eigenvalue weighted by molar-refractivity contribution is -0.182. The van der Waals surface area contributed by atoms with E-state index in [4.69, 9.17) is 4.74 Å². The molecule has 0 heterocycles. The number of ether oxygens (including phenoxy) is 1. The minimum absolute atomic E-state index is 0.0584. The molecule has 1 saturated carbocycles. The van der Waals surface area contributed by atoms with Crippen LogP contribution in [0.4, 0.5) is 13.2 Å². The maximum Gasteiger partial charge on any atom is 0.391 e. The molecule has 23 heavy (non-hydrogen) atoms. The highest BCUT2D eigenvalue weighted by Crippen LogP contribution is 2.43. The first-order chi connectivity index (χ1) is 10.8. The number of hydrogen-bond acceptors (Lipinski definition) is 2. The van der Waals surface area contributed by atoms with E-state index in [1.54, 1.807) is 18.2 Å². The molecule has 1 N–H and O–H groups in total. The Balaban J connectivity index is 2.21. The molecule has 0 aromatic heterocycles. The van der Waals surface area contributed by atoms with Crippen LogP contribution >= 0.6 is 0 Å². The van der Waals surface area contributed by atoms with Crippen molar-refractivity contribution in [2.24, 2.45) is 5.92 Å². The highest BCUT2D eigenvalue weighted by Gasteiger charge is 2.42. The normalized spacial score (nSPS) is 22.1. The molecular formula is C17H21F3O3. The maximum atomic E-state index is 12.8. The molecule has 1 fully saturated rings. The minimum atomic E-state index is -4.16. The van der Waals surface area contributed by atoms with Crippen molar-refractivity contribution in [1.82, 2.24) is 0 Å². The van der Waals surface area contributed by atoms with Crippen molar-refractivity contribution >= 4 is 5.97 Å². The largest absolute Gasteiger partial charge is 0.478 e. The smallest absolute Gasteiger partial charge is 0.391 e. The van der Waals surface area contributed by atoms with Gasteiger partial charge < -0.3 is 9.84 Å². The molecule has 3 nitrogen and oxygen atoms in total. The molecule has 1 aromatic carbocycles. The lowest BCUT2D eigenvalue weighted by atomic mass is 9.76. The second-order valence-corrected chi connectivity index (χ2v) is 5.91. The van der Waals surface area contributed by atoms with Crippen molar-refractivity contribution in [2.45, 2.75) is 51.3 Å². The molecular weight excluding hydrogens is 309 g/mol. The average molecular weight is 330 g/mol. The standard InChI is InChI=1S/C17H21F3O3/c1-2-23-10-12-4-3-5-14(15(12)16(21)22)11-6-8-13(9-7-11)17(18,19)20/h3-5,11,13H,2,6-10H2,1H3,(H,21,22). The fourth-order valence-corrected chi connectivity index (χ4v) is 3.29. The molecule has 0 aliphatic heterocycles. The van der Waals surface area contributed by atoms with Crippen LogP contribution < -0.4 is 0 Å². The first kappa shape index (κ1) is 17.8. The van der Waals surface area contributed by atoms with Crippen LogP contribution in [0.5, 0.6) is 0 Å². The fraction of sp³-hybridized carbons (Fsp3) is 0.588. The zero-order valence-corrected chi connectivity index (χ0v) is 13.0. The van der Waals surface area contributed by atoms with E-state index in [-0.39, 0.29) is 30.9 Å². The van der Waals surface area contributed by atoms with Gasteiger partial charge in [-0.1, -0.05) is 18.2 Å². The van der Waals surface area contributed by atoms with E-state index in [0.29, 0.717) is 30.6 Å². The summed E-state index contributed by atoms with van der Waals surface area (Å²) in [5.41, 5.74) is 1.40. The van der Waals surface area contributed by atoms with Gasteiger partial charge in [0.25, 0.3) is 0 Å². The number of rotatable bonds is 5. The Bertz CT molecular complexity index is 547. The third-order valence-corrected chi connectivity index (χ3v) is 4.49. The van der Waals surface area contributed by atoms with Gasteiger partial charge in [-0.05, 0) is 49.7 Å². The van der Waals surface area contributed by atoms with Crippen LogP contribution in [0.25, 0.3) is 0 Å². The van der Waals surface area contributed by atoms with E-state index in [2.05, 4.69) is 0 Å². The van der Waals surface area contributed by atoms with Crippen molar-refractivity contribution in [3.05, 3.63) is 34.9 Å². The van der Waals surface area contributed by atoms with E-state index in [9.17, 15) is 23.1 Å². The van der Waals surface area contributed by atoms with Gasteiger partial charge in [0.05, 0.1) is 18.1 Å².